The Hall–Kier alpha value is -2.28. The van der Waals surface area contributed by atoms with Gasteiger partial charge >= 0.3 is 0 Å². The highest BCUT2D eigenvalue weighted by molar-refractivity contribution is 5.46. The predicted molar refractivity (Wildman–Crippen MR) is 61.6 cm³/mol. The molecule has 16 heavy (non-hydrogen) atoms. The van der Waals surface area contributed by atoms with Gasteiger partial charge in [-0.05, 0) is 12.5 Å². The van der Waals surface area contributed by atoms with E-state index in [2.05, 4.69) is 5.10 Å². The van der Waals surface area contributed by atoms with Crippen LogP contribution in [0.2, 0.25) is 0 Å². The molecule has 0 aliphatic rings. The van der Waals surface area contributed by atoms with Crippen molar-refractivity contribution in [3.63, 3.8) is 0 Å². The quantitative estimate of drug-likeness (QED) is 0.827. The normalized spacial score (nSPS) is 12.0. The van der Waals surface area contributed by atoms with E-state index in [1.54, 1.807) is 10.9 Å². The van der Waals surface area contributed by atoms with Crippen molar-refractivity contribution in [3.8, 4) is 6.07 Å². The van der Waals surface area contributed by atoms with Crippen LogP contribution in [0.5, 0.6) is 0 Å². The molecule has 2 rings (SSSR count). The van der Waals surface area contributed by atoms with Gasteiger partial charge in [0.25, 0.3) is 0 Å². The van der Waals surface area contributed by atoms with Crippen LogP contribution in [0.25, 0.3) is 0 Å². The van der Waals surface area contributed by atoms with Crippen LogP contribution in [0.4, 0.5) is 5.82 Å². The summed E-state index contributed by atoms with van der Waals surface area (Å²) in [6.45, 7) is 2.02. The highest BCUT2D eigenvalue weighted by Gasteiger charge is 2.11. The van der Waals surface area contributed by atoms with Gasteiger partial charge < -0.3 is 5.73 Å². The summed E-state index contributed by atoms with van der Waals surface area (Å²) in [6.07, 6.45) is 1.67. The number of nitrogen functional groups attached to an aromatic ring is 1. The number of nitrogens with two attached hydrogens (primary N) is 1. The SMILES string of the molecule is CC(c1ccccc1)n1cc(C#N)c(N)n1. The van der Waals surface area contributed by atoms with Gasteiger partial charge in [0.05, 0.1) is 6.04 Å². The van der Waals surface area contributed by atoms with Crippen molar-refractivity contribution in [1.82, 2.24) is 9.78 Å². The summed E-state index contributed by atoms with van der Waals surface area (Å²) in [7, 11) is 0. The number of nitriles is 1. The number of rotatable bonds is 2. The summed E-state index contributed by atoms with van der Waals surface area (Å²) in [5.41, 5.74) is 7.17. The van der Waals surface area contributed by atoms with Gasteiger partial charge in [0.2, 0.25) is 0 Å². The number of aromatic nitrogens is 2. The molecule has 4 heteroatoms. The summed E-state index contributed by atoms with van der Waals surface area (Å²) in [5.74, 6) is 0.283. The molecule has 2 N–H and O–H groups in total. The molecule has 80 valence electrons. The highest BCUT2D eigenvalue weighted by Crippen LogP contribution is 2.19. The van der Waals surface area contributed by atoms with Crippen molar-refractivity contribution >= 4 is 5.82 Å². The van der Waals surface area contributed by atoms with Crippen molar-refractivity contribution in [2.45, 2.75) is 13.0 Å². The van der Waals surface area contributed by atoms with Crippen LogP contribution in [0.3, 0.4) is 0 Å². The molecule has 2 aromatic rings. The molecule has 0 fully saturated rings. The van der Waals surface area contributed by atoms with E-state index in [4.69, 9.17) is 11.0 Å². The van der Waals surface area contributed by atoms with Crippen molar-refractivity contribution in [1.29, 1.82) is 5.26 Å². The molecule has 0 radical (unpaired) electrons. The van der Waals surface area contributed by atoms with E-state index in [0.717, 1.165) is 5.56 Å². The predicted octanol–water partition coefficient (Wildman–Crippen LogP) is 1.95. The van der Waals surface area contributed by atoms with Crippen LogP contribution in [-0.4, -0.2) is 9.78 Å². The molecule has 0 aliphatic heterocycles. The van der Waals surface area contributed by atoms with Crippen molar-refractivity contribution < 1.29 is 0 Å². The Morgan fingerprint density at radius 2 is 2.06 bits per heavy atom. The minimum absolute atomic E-state index is 0.0746. The van der Waals surface area contributed by atoms with E-state index < -0.39 is 0 Å². The fraction of sp³-hybridized carbons (Fsp3) is 0.167. The van der Waals surface area contributed by atoms with E-state index in [-0.39, 0.29) is 11.9 Å². The molecule has 0 amide bonds. The molecule has 0 saturated carbocycles. The summed E-state index contributed by atoms with van der Waals surface area (Å²) < 4.78 is 1.71. The van der Waals surface area contributed by atoms with Crippen LogP contribution < -0.4 is 5.73 Å². The minimum Gasteiger partial charge on any atom is -0.381 e. The molecule has 1 aromatic carbocycles. The van der Waals surface area contributed by atoms with E-state index in [9.17, 15) is 0 Å². The molecular weight excluding hydrogens is 200 g/mol. The van der Waals surface area contributed by atoms with Gasteiger partial charge in [-0.1, -0.05) is 30.3 Å². The van der Waals surface area contributed by atoms with Gasteiger partial charge in [-0.2, -0.15) is 10.4 Å². The van der Waals surface area contributed by atoms with E-state index >= 15 is 0 Å². The Morgan fingerprint density at radius 1 is 1.38 bits per heavy atom. The number of hydrogen-bond donors (Lipinski definition) is 1. The standard InChI is InChI=1S/C12H12N4/c1-9(10-5-3-2-4-6-10)16-8-11(7-13)12(14)15-16/h2-6,8-9H,1H3,(H2,14,15). The highest BCUT2D eigenvalue weighted by atomic mass is 15.3. The molecule has 1 atom stereocenters. The second kappa shape index (κ2) is 4.07. The summed E-state index contributed by atoms with van der Waals surface area (Å²) >= 11 is 0. The van der Waals surface area contributed by atoms with Crippen molar-refractivity contribution in [2.75, 3.05) is 5.73 Å². The molecular formula is C12H12N4. The number of hydrogen-bond acceptors (Lipinski definition) is 3. The lowest BCUT2D eigenvalue weighted by Gasteiger charge is -2.11. The lowest BCUT2D eigenvalue weighted by atomic mass is 10.1. The van der Waals surface area contributed by atoms with Crippen molar-refractivity contribution in [3.05, 3.63) is 47.7 Å². The first-order valence-corrected chi connectivity index (χ1v) is 5.02. The van der Waals surface area contributed by atoms with E-state index in [1.807, 2.05) is 43.3 Å². The molecule has 0 aliphatic carbocycles. The fourth-order valence-corrected chi connectivity index (χ4v) is 1.57. The first-order valence-electron chi connectivity index (χ1n) is 5.02. The maximum absolute atomic E-state index is 8.80. The maximum atomic E-state index is 8.80. The largest absolute Gasteiger partial charge is 0.381 e. The van der Waals surface area contributed by atoms with Gasteiger partial charge in [0.1, 0.15) is 11.6 Å². The summed E-state index contributed by atoms with van der Waals surface area (Å²) in [5, 5.41) is 12.9. The first kappa shape index (κ1) is 10.2. The van der Waals surface area contributed by atoms with Crippen LogP contribution in [0, 0.1) is 11.3 Å². The Kier molecular flexibility index (Phi) is 2.61. The molecule has 1 aromatic heterocycles. The maximum Gasteiger partial charge on any atom is 0.163 e. The number of anilines is 1. The topological polar surface area (TPSA) is 67.6 Å². The summed E-state index contributed by atoms with van der Waals surface area (Å²) in [6, 6.07) is 12.1. The molecule has 4 nitrogen and oxygen atoms in total. The van der Waals surface area contributed by atoms with Gasteiger partial charge in [-0.25, -0.2) is 0 Å². The van der Waals surface area contributed by atoms with E-state index in [0.29, 0.717) is 5.56 Å². The van der Waals surface area contributed by atoms with Crippen LogP contribution in [0.15, 0.2) is 36.5 Å². The zero-order valence-corrected chi connectivity index (χ0v) is 8.96. The Labute approximate surface area is 93.9 Å². The minimum atomic E-state index is 0.0746. The third-order valence-corrected chi connectivity index (χ3v) is 2.56. The number of benzene rings is 1. The number of nitrogens with zero attached hydrogens (tertiary/aromatic N) is 3. The van der Waals surface area contributed by atoms with Crippen LogP contribution in [0.1, 0.15) is 24.1 Å². The van der Waals surface area contributed by atoms with Gasteiger partial charge in [-0.15, -0.1) is 0 Å². The Morgan fingerprint density at radius 3 is 2.62 bits per heavy atom. The molecule has 0 bridgehead atoms. The van der Waals surface area contributed by atoms with Gasteiger partial charge in [0, 0.05) is 6.20 Å². The smallest absolute Gasteiger partial charge is 0.163 e. The van der Waals surface area contributed by atoms with Gasteiger partial charge in [0.15, 0.2) is 5.82 Å². The summed E-state index contributed by atoms with van der Waals surface area (Å²) in [4.78, 5) is 0. The zero-order valence-electron chi connectivity index (χ0n) is 8.96. The zero-order chi connectivity index (χ0) is 11.5. The van der Waals surface area contributed by atoms with Crippen LogP contribution >= 0.6 is 0 Å². The first-order chi connectivity index (χ1) is 7.72. The Bertz CT molecular complexity index is 522. The third-order valence-electron chi connectivity index (χ3n) is 2.56. The molecule has 0 spiro atoms. The fourth-order valence-electron chi connectivity index (χ4n) is 1.57. The lowest BCUT2D eigenvalue weighted by molar-refractivity contribution is 0.566. The van der Waals surface area contributed by atoms with Crippen LogP contribution in [-0.2, 0) is 0 Å². The second-order valence-corrected chi connectivity index (χ2v) is 3.61. The second-order valence-electron chi connectivity index (χ2n) is 3.61. The average Bonchev–Trinajstić information content (AvgIpc) is 2.71. The molecule has 1 heterocycles. The third kappa shape index (κ3) is 1.75. The molecule has 1 unspecified atom stereocenters. The van der Waals surface area contributed by atoms with Crippen molar-refractivity contribution in [2.24, 2.45) is 0 Å². The monoisotopic (exact) mass is 212 g/mol. The average molecular weight is 212 g/mol. The molecule has 0 saturated heterocycles. The van der Waals surface area contributed by atoms with E-state index in [1.165, 1.54) is 0 Å². The Balaban J connectivity index is 2.35. The van der Waals surface area contributed by atoms with Gasteiger partial charge in [-0.3, -0.25) is 4.68 Å². The lowest BCUT2D eigenvalue weighted by Crippen LogP contribution is -2.07.